The van der Waals surface area contributed by atoms with Crippen LogP contribution >= 0.6 is 0 Å². The molecule has 1 aliphatic carbocycles. The molecule has 1 saturated carbocycles. The van der Waals surface area contributed by atoms with Crippen molar-refractivity contribution in [1.82, 2.24) is 4.31 Å². The molecule has 2 fully saturated rings. The molecule has 0 aromatic rings. The Morgan fingerprint density at radius 2 is 2.06 bits per heavy atom. The van der Waals surface area contributed by atoms with E-state index in [0.29, 0.717) is 25.8 Å². The lowest BCUT2D eigenvalue weighted by Crippen LogP contribution is -2.52. The first-order valence-electron chi connectivity index (χ1n) is 6.11. The zero-order valence-electron chi connectivity index (χ0n) is 10.1. The Bertz CT molecular complexity index is 419. The third-order valence-electron chi connectivity index (χ3n) is 4.13. The van der Waals surface area contributed by atoms with E-state index in [2.05, 4.69) is 0 Å². The Kier molecular flexibility index (Phi) is 3.20. The SMILES string of the molecule is CC1(C(=O)O)CCCCC1N1CCCS1(=O)=O. The van der Waals surface area contributed by atoms with Crippen LogP contribution in [0.1, 0.15) is 39.0 Å². The van der Waals surface area contributed by atoms with Crippen LogP contribution in [0.4, 0.5) is 0 Å². The molecule has 2 rings (SSSR count). The topological polar surface area (TPSA) is 74.7 Å². The Morgan fingerprint density at radius 1 is 1.35 bits per heavy atom. The zero-order valence-corrected chi connectivity index (χ0v) is 10.9. The minimum absolute atomic E-state index is 0.166. The highest BCUT2D eigenvalue weighted by Crippen LogP contribution is 2.41. The van der Waals surface area contributed by atoms with E-state index < -0.39 is 21.4 Å². The molecule has 5 nitrogen and oxygen atoms in total. The summed E-state index contributed by atoms with van der Waals surface area (Å²) in [5, 5.41) is 9.38. The van der Waals surface area contributed by atoms with E-state index in [1.807, 2.05) is 0 Å². The third-order valence-corrected chi connectivity index (χ3v) is 6.09. The summed E-state index contributed by atoms with van der Waals surface area (Å²) < 4.78 is 25.3. The smallest absolute Gasteiger partial charge is 0.310 e. The molecule has 0 aromatic carbocycles. The van der Waals surface area contributed by atoms with Crippen LogP contribution in [-0.2, 0) is 14.8 Å². The number of carbonyl (C=O) groups is 1. The Hall–Kier alpha value is -0.620. The Labute approximate surface area is 102 Å². The number of aliphatic carboxylic acids is 1. The fourth-order valence-corrected chi connectivity index (χ4v) is 4.90. The quantitative estimate of drug-likeness (QED) is 0.806. The molecule has 0 bridgehead atoms. The van der Waals surface area contributed by atoms with Crippen molar-refractivity contribution < 1.29 is 18.3 Å². The summed E-state index contributed by atoms with van der Waals surface area (Å²) in [5.41, 5.74) is -0.921. The number of carboxylic acids is 1. The van der Waals surface area contributed by atoms with Gasteiger partial charge in [-0.15, -0.1) is 0 Å². The van der Waals surface area contributed by atoms with Gasteiger partial charge < -0.3 is 5.11 Å². The number of hydrogen-bond acceptors (Lipinski definition) is 3. The normalized spacial score (nSPS) is 38.1. The van der Waals surface area contributed by atoms with Crippen molar-refractivity contribution in [1.29, 1.82) is 0 Å². The monoisotopic (exact) mass is 261 g/mol. The van der Waals surface area contributed by atoms with Crippen LogP contribution in [0.15, 0.2) is 0 Å². The molecule has 2 atom stereocenters. The highest BCUT2D eigenvalue weighted by atomic mass is 32.2. The zero-order chi connectivity index (χ0) is 12.7. The minimum Gasteiger partial charge on any atom is -0.481 e. The number of nitrogens with zero attached hydrogens (tertiary/aromatic N) is 1. The number of carboxylic acid groups (broad SMARTS) is 1. The van der Waals surface area contributed by atoms with Crippen LogP contribution in [-0.4, -0.2) is 42.1 Å². The molecular formula is C11H19NO4S. The molecule has 2 unspecified atom stereocenters. The third kappa shape index (κ3) is 2.08. The van der Waals surface area contributed by atoms with E-state index in [-0.39, 0.29) is 11.8 Å². The van der Waals surface area contributed by atoms with Crippen molar-refractivity contribution in [2.45, 2.75) is 45.1 Å². The van der Waals surface area contributed by atoms with Crippen LogP contribution in [0, 0.1) is 5.41 Å². The number of sulfonamides is 1. The van der Waals surface area contributed by atoms with Crippen LogP contribution in [0.2, 0.25) is 0 Å². The lowest BCUT2D eigenvalue weighted by atomic mass is 9.71. The van der Waals surface area contributed by atoms with Gasteiger partial charge in [0.2, 0.25) is 10.0 Å². The predicted molar refractivity (Wildman–Crippen MR) is 63.1 cm³/mol. The summed E-state index contributed by atoms with van der Waals surface area (Å²) in [4.78, 5) is 11.4. The van der Waals surface area contributed by atoms with Gasteiger partial charge in [-0.05, 0) is 26.2 Å². The molecule has 1 saturated heterocycles. The molecule has 6 heteroatoms. The summed E-state index contributed by atoms with van der Waals surface area (Å²) >= 11 is 0. The second kappa shape index (κ2) is 4.24. The van der Waals surface area contributed by atoms with Crippen LogP contribution in [0.3, 0.4) is 0 Å². The minimum atomic E-state index is -3.22. The van der Waals surface area contributed by atoms with Gasteiger partial charge in [-0.3, -0.25) is 4.79 Å². The van der Waals surface area contributed by atoms with Crippen molar-refractivity contribution in [3.8, 4) is 0 Å². The lowest BCUT2D eigenvalue weighted by Gasteiger charge is -2.42. The van der Waals surface area contributed by atoms with Crippen LogP contribution < -0.4 is 0 Å². The van der Waals surface area contributed by atoms with Gasteiger partial charge in [-0.1, -0.05) is 12.8 Å². The maximum atomic E-state index is 11.9. The standard InChI is InChI=1S/C11H19NO4S/c1-11(10(13)14)6-3-2-5-9(11)12-7-4-8-17(12,15)16/h9H,2-8H2,1H3,(H,13,14). The average molecular weight is 261 g/mol. The predicted octanol–water partition coefficient (Wildman–Crippen LogP) is 1.06. The van der Waals surface area contributed by atoms with Gasteiger partial charge in [0.1, 0.15) is 0 Å². The Morgan fingerprint density at radius 3 is 2.59 bits per heavy atom. The average Bonchev–Trinajstić information content (AvgIpc) is 2.58. The summed E-state index contributed by atoms with van der Waals surface area (Å²) in [6.45, 7) is 2.17. The van der Waals surface area contributed by atoms with Crippen molar-refractivity contribution in [2.75, 3.05) is 12.3 Å². The molecule has 1 aliphatic heterocycles. The van der Waals surface area contributed by atoms with Crippen LogP contribution in [0.5, 0.6) is 0 Å². The molecule has 1 N–H and O–H groups in total. The lowest BCUT2D eigenvalue weighted by molar-refractivity contribution is -0.153. The highest BCUT2D eigenvalue weighted by molar-refractivity contribution is 7.89. The molecular weight excluding hydrogens is 242 g/mol. The first-order valence-corrected chi connectivity index (χ1v) is 7.72. The Balaban J connectivity index is 2.32. The maximum Gasteiger partial charge on any atom is 0.310 e. The van der Waals surface area contributed by atoms with E-state index in [9.17, 15) is 18.3 Å². The first kappa shape index (κ1) is 12.8. The fourth-order valence-electron chi connectivity index (χ4n) is 3.04. The van der Waals surface area contributed by atoms with E-state index in [1.165, 1.54) is 4.31 Å². The van der Waals surface area contributed by atoms with Crippen molar-refractivity contribution >= 4 is 16.0 Å². The summed E-state index contributed by atoms with van der Waals surface area (Å²) in [7, 11) is -3.22. The van der Waals surface area contributed by atoms with Gasteiger partial charge >= 0.3 is 5.97 Å². The molecule has 98 valence electrons. The molecule has 0 spiro atoms. The van der Waals surface area contributed by atoms with Gasteiger partial charge in [0.25, 0.3) is 0 Å². The van der Waals surface area contributed by atoms with Gasteiger partial charge in [0, 0.05) is 12.6 Å². The van der Waals surface area contributed by atoms with Crippen molar-refractivity contribution in [3.05, 3.63) is 0 Å². The number of hydrogen-bond donors (Lipinski definition) is 1. The fraction of sp³-hybridized carbons (Fsp3) is 0.909. The summed E-state index contributed by atoms with van der Waals surface area (Å²) in [6, 6.07) is -0.360. The second-order valence-corrected chi connectivity index (χ2v) is 7.31. The van der Waals surface area contributed by atoms with Gasteiger partial charge in [-0.25, -0.2) is 8.42 Å². The molecule has 0 aromatic heterocycles. The molecule has 1 heterocycles. The number of rotatable bonds is 2. The van der Waals surface area contributed by atoms with Crippen molar-refractivity contribution in [2.24, 2.45) is 5.41 Å². The van der Waals surface area contributed by atoms with E-state index in [4.69, 9.17) is 0 Å². The molecule has 17 heavy (non-hydrogen) atoms. The van der Waals surface area contributed by atoms with Gasteiger partial charge in [0.05, 0.1) is 11.2 Å². The molecule has 0 amide bonds. The highest BCUT2D eigenvalue weighted by Gasteiger charge is 2.50. The van der Waals surface area contributed by atoms with Crippen molar-refractivity contribution in [3.63, 3.8) is 0 Å². The van der Waals surface area contributed by atoms with E-state index >= 15 is 0 Å². The van der Waals surface area contributed by atoms with Gasteiger partial charge in [0.15, 0.2) is 0 Å². The summed E-state index contributed by atoms with van der Waals surface area (Å²) in [5.74, 6) is -0.705. The molecule has 0 radical (unpaired) electrons. The van der Waals surface area contributed by atoms with Crippen LogP contribution in [0.25, 0.3) is 0 Å². The molecule has 2 aliphatic rings. The van der Waals surface area contributed by atoms with Gasteiger partial charge in [-0.2, -0.15) is 4.31 Å². The van der Waals surface area contributed by atoms with E-state index in [1.54, 1.807) is 6.92 Å². The maximum absolute atomic E-state index is 11.9. The first-order chi connectivity index (χ1) is 7.88. The second-order valence-electron chi connectivity index (χ2n) is 5.26. The van der Waals surface area contributed by atoms with E-state index in [0.717, 1.165) is 12.8 Å². The largest absolute Gasteiger partial charge is 0.481 e. The summed E-state index contributed by atoms with van der Waals surface area (Å²) in [6.07, 6.45) is 3.64.